The fraction of sp³-hybridized carbons (Fsp3) is 0.853. The molecule has 0 aliphatic heterocycles. The van der Waals surface area contributed by atoms with Crippen LogP contribution in [0.5, 0.6) is 0 Å². The van der Waals surface area contributed by atoms with E-state index in [9.17, 15) is 15.0 Å². The molecule has 38 heavy (non-hydrogen) atoms. The normalized spacial score (nSPS) is 13.5. The summed E-state index contributed by atoms with van der Waals surface area (Å²) in [5.41, 5.74) is 0. The highest BCUT2D eigenvalue weighted by Crippen LogP contribution is 2.13. The van der Waals surface area contributed by atoms with E-state index >= 15 is 0 Å². The maximum absolute atomic E-state index is 12.2. The Morgan fingerprint density at radius 2 is 1.03 bits per heavy atom. The smallest absolute Gasteiger partial charge is 0.220 e. The summed E-state index contributed by atoms with van der Waals surface area (Å²) in [6.45, 7) is 4.26. The highest BCUT2D eigenvalue weighted by atomic mass is 16.3. The first-order chi connectivity index (χ1) is 18.7. The van der Waals surface area contributed by atoms with Gasteiger partial charge in [0.05, 0.1) is 18.8 Å². The van der Waals surface area contributed by atoms with Crippen LogP contribution in [0.1, 0.15) is 168 Å². The van der Waals surface area contributed by atoms with Crippen LogP contribution < -0.4 is 5.32 Å². The Kier molecular flexibility index (Phi) is 29.5. The van der Waals surface area contributed by atoms with E-state index in [0.717, 1.165) is 32.1 Å². The van der Waals surface area contributed by atoms with Crippen molar-refractivity contribution < 1.29 is 15.0 Å². The van der Waals surface area contributed by atoms with E-state index in [4.69, 9.17) is 0 Å². The Morgan fingerprint density at radius 1 is 0.605 bits per heavy atom. The third-order valence-corrected chi connectivity index (χ3v) is 7.44. The van der Waals surface area contributed by atoms with Crippen LogP contribution >= 0.6 is 0 Å². The Bertz CT molecular complexity index is 546. The van der Waals surface area contributed by atoms with Crippen molar-refractivity contribution in [3.63, 3.8) is 0 Å². The molecule has 0 fully saturated rings. The molecule has 224 valence electrons. The van der Waals surface area contributed by atoms with Gasteiger partial charge in [0.2, 0.25) is 5.91 Å². The summed E-state index contributed by atoms with van der Waals surface area (Å²) in [7, 11) is 0. The van der Waals surface area contributed by atoms with Gasteiger partial charge in [-0.05, 0) is 32.1 Å². The van der Waals surface area contributed by atoms with E-state index < -0.39 is 12.1 Å². The molecule has 0 aromatic heterocycles. The minimum atomic E-state index is -0.854. The lowest BCUT2D eigenvalue weighted by atomic mass is 10.1. The minimum Gasteiger partial charge on any atom is -0.394 e. The number of allylic oxidation sites excluding steroid dienone is 3. The zero-order valence-electron chi connectivity index (χ0n) is 25.4. The van der Waals surface area contributed by atoms with Crippen molar-refractivity contribution >= 4 is 5.91 Å². The molecule has 0 spiro atoms. The standard InChI is InChI=1S/C34H65NO3/c1-3-5-7-9-11-13-14-15-16-17-18-19-20-22-23-25-27-29-33(37)32(31-36)35-34(38)30-28-26-24-21-12-10-8-6-4-2/h20,22,27,29,32-33,36-37H,3-19,21,23-26,28,30-31H2,1-2H3,(H,35,38)/b22-20+,29-27+. The van der Waals surface area contributed by atoms with E-state index in [1.165, 1.54) is 116 Å². The highest BCUT2D eigenvalue weighted by molar-refractivity contribution is 5.76. The summed E-state index contributed by atoms with van der Waals surface area (Å²) < 4.78 is 0. The highest BCUT2D eigenvalue weighted by Gasteiger charge is 2.17. The van der Waals surface area contributed by atoms with Gasteiger partial charge in [0, 0.05) is 6.42 Å². The van der Waals surface area contributed by atoms with E-state index in [1.807, 2.05) is 6.08 Å². The number of nitrogens with one attached hydrogen (secondary N) is 1. The molecule has 0 heterocycles. The summed E-state index contributed by atoms with van der Waals surface area (Å²) in [5, 5.41) is 22.7. The molecule has 0 aromatic rings. The van der Waals surface area contributed by atoms with Crippen molar-refractivity contribution in [1.29, 1.82) is 0 Å². The number of carbonyl (C=O) groups is 1. The molecule has 0 saturated carbocycles. The number of amides is 1. The van der Waals surface area contributed by atoms with Gasteiger partial charge in [-0.1, -0.05) is 154 Å². The summed E-state index contributed by atoms with van der Waals surface area (Å²) in [5.74, 6) is -0.0789. The lowest BCUT2D eigenvalue weighted by Crippen LogP contribution is -2.45. The molecule has 0 radical (unpaired) electrons. The number of carbonyl (C=O) groups excluding carboxylic acids is 1. The Labute approximate surface area is 237 Å². The van der Waals surface area contributed by atoms with Crippen LogP contribution in [-0.2, 0) is 4.79 Å². The molecular weight excluding hydrogens is 470 g/mol. The first-order valence-corrected chi connectivity index (χ1v) is 16.6. The fourth-order valence-electron chi connectivity index (χ4n) is 4.84. The number of rotatable bonds is 29. The van der Waals surface area contributed by atoms with Crippen LogP contribution in [0, 0.1) is 0 Å². The van der Waals surface area contributed by atoms with Gasteiger partial charge in [-0.3, -0.25) is 4.79 Å². The molecule has 3 N–H and O–H groups in total. The zero-order valence-corrected chi connectivity index (χ0v) is 25.4. The van der Waals surface area contributed by atoms with Crippen molar-refractivity contribution in [3.05, 3.63) is 24.3 Å². The Balaban J connectivity index is 3.69. The van der Waals surface area contributed by atoms with Crippen LogP contribution in [0.3, 0.4) is 0 Å². The summed E-state index contributed by atoms with van der Waals surface area (Å²) in [6.07, 6.45) is 36.9. The molecule has 0 aliphatic carbocycles. The second kappa shape index (κ2) is 30.4. The van der Waals surface area contributed by atoms with Crippen molar-refractivity contribution in [2.75, 3.05) is 6.61 Å². The predicted octanol–water partition coefficient (Wildman–Crippen LogP) is 9.34. The molecule has 0 aromatic carbocycles. The first kappa shape index (κ1) is 36.9. The molecule has 2 unspecified atom stereocenters. The lowest BCUT2D eigenvalue weighted by molar-refractivity contribution is -0.123. The van der Waals surface area contributed by atoms with Crippen LogP contribution in [0.15, 0.2) is 24.3 Å². The lowest BCUT2D eigenvalue weighted by Gasteiger charge is -2.19. The molecule has 4 nitrogen and oxygen atoms in total. The second-order valence-electron chi connectivity index (χ2n) is 11.2. The van der Waals surface area contributed by atoms with E-state index in [0.29, 0.717) is 6.42 Å². The Hall–Kier alpha value is -1.13. The third-order valence-electron chi connectivity index (χ3n) is 7.44. The van der Waals surface area contributed by atoms with Gasteiger partial charge in [-0.2, -0.15) is 0 Å². The van der Waals surface area contributed by atoms with Crippen molar-refractivity contribution in [1.82, 2.24) is 5.32 Å². The molecule has 0 aliphatic rings. The largest absolute Gasteiger partial charge is 0.394 e. The quantitative estimate of drug-likeness (QED) is 0.0660. The van der Waals surface area contributed by atoms with Gasteiger partial charge in [-0.25, -0.2) is 0 Å². The average molecular weight is 536 g/mol. The molecule has 4 heteroatoms. The van der Waals surface area contributed by atoms with Gasteiger partial charge in [-0.15, -0.1) is 0 Å². The second-order valence-corrected chi connectivity index (χ2v) is 11.2. The Morgan fingerprint density at radius 3 is 1.53 bits per heavy atom. The first-order valence-electron chi connectivity index (χ1n) is 16.6. The SMILES string of the molecule is CCCCCCCCCCCCC/C=C/CC/C=C/C(O)C(CO)NC(=O)CCCCCCCCCCC. The van der Waals surface area contributed by atoms with Gasteiger partial charge in [0.15, 0.2) is 0 Å². The maximum atomic E-state index is 12.2. The van der Waals surface area contributed by atoms with Crippen LogP contribution in [0.25, 0.3) is 0 Å². The van der Waals surface area contributed by atoms with E-state index in [1.54, 1.807) is 6.08 Å². The molecule has 0 saturated heterocycles. The summed E-state index contributed by atoms with van der Waals surface area (Å²) >= 11 is 0. The van der Waals surface area contributed by atoms with Crippen molar-refractivity contribution in [2.24, 2.45) is 0 Å². The van der Waals surface area contributed by atoms with Crippen molar-refractivity contribution in [3.8, 4) is 0 Å². The topological polar surface area (TPSA) is 69.6 Å². The van der Waals surface area contributed by atoms with E-state index in [-0.39, 0.29) is 12.5 Å². The maximum Gasteiger partial charge on any atom is 0.220 e. The van der Waals surface area contributed by atoms with Gasteiger partial charge >= 0.3 is 0 Å². The van der Waals surface area contributed by atoms with Crippen LogP contribution in [-0.4, -0.2) is 34.9 Å². The zero-order chi connectivity index (χ0) is 27.9. The monoisotopic (exact) mass is 535 g/mol. The number of aliphatic hydroxyl groups is 2. The number of hydrogen-bond donors (Lipinski definition) is 3. The average Bonchev–Trinajstić information content (AvgIpc) is 2.92. The summed E-state index contributed by atoms with van der Waals surface area (Å²) in [4.78, 5) is 12.2. The summed E-state index contributed by atoms with van der Waals surface area (Å²) in [6, 6.07) is -0.631. The number of unbranched alkanes of at least 4 members (excludes halogenated alkanes) is 20. The van der Waals surface area contributed by atoms with Gasteiger partial charge in [0.1, 0.15) is 0 Å². The van der Waals surface area contributed by atoms with Gasteiger partial charge < -0.3 is 15.5 Å². The molecule has 0 rings (SSSR count). The van der Waals surface area contributed by atoms with Crippen molar-refractivity contribution in [2.45, 2.75) is 180 Å². The predicted molar refractivity (Wildman–Crippen MR) is 165 cm³/mol. The number of aliphatic hydroxyl groups excluding tert-OH is 2. The fourth-order valence-corrected chi connectivity index (χ4v) is 4.84. The van der Waals surface area contributed by atoms with Crippen LogP contribution in [0.2, 0.25) is 0 Å². The molecular formula is C34H65NO3. The van der Waals surface area contributed by atoms with Gasteiger partial charge in [0.25, 0.3) is 0 Å². The van der Waals surface area contributed by atoms with E-state index in [2.05, 4.69) is 31.3 Å². The molecule has 1 amide bonds. The molecule has 2 atom stereocenters. The third kappa shape index (κ3) is 26.5. The minimum absolute atomic E-state index is 0.0789. The number of hydrogen-bond acceptors (Lipinski definition) is 3. The molecule has 0 bridgehead atoms. The van der Waals surface area contributed by atoms with Crippen LogP contribution in [0.4, 0.5) is 0 Å².